The van der Waals surface area contributed by atoms with Gasteiger partial charge in [-0.2, -0.15) is 0 Å². The fourth-order valence-electron chi connectivity index (χ4n) is 1.03. The van der Waals surface area contributed by atoms with Crippen molar-refractivity contribution in [3.63, 3.8) is 0 Å². The minimum absolute atomic E-state index is 0.564. The molecule has 0 aliphatic rings. The van der Waals surface area contributed by atoms with E-state index >= 15 is 0 Å². The minimum Gasteiger partial charge on any atom is -0.309 e. The van der Waals surface area contributed by atoms with E-state index in [4.69, 9.17) is 5.53 Å². The van der Waals surface area contributed by atoms with Gasteiger partial charge in [0.25, 0.3) is 0 Å². The van der Waals surface area contributed by atoms with Gasteiger partial charge >= 0.3 is 0 Å². The summed E-state index contributed by atoms with van der Waals surface area (Å²) in [6.07, 6.45) is 1.15. The predicted octanol–water partition coefficient (Wildman–Crippen LogP) is 1.18. The molecule has 0 fully saturated rings. The molecule has 0 aliphatic carbocycles. The number of azide groups is 1. The second-order valence-corrected chi connectivity index (χ2v) is 3.41. The monoisotopic (exact) mass is 185 g/mol. The van der Waals surface area contributed by atoms with Gasteiger partial charge < -0.3 is 9.80 Å². The summed E-state index contributed by atoms with van der Waals surface area (Å²) in [5.41, 5.74) is 8.06. The zero-order chi connectivity index (χ0) is 10.1. The quantitative estimate of drug-likeness (QED) is 0.340. The summed E-state index contributed by atoms with van der Waals surface area (Å²) in [6, 6.07) is 0. The van der Waals surface area contributed by atoms with Crippen molar-refractivity contribution in [1.82, 2.24) is 9.80 Å². The third-order valence-electron chi connectivity index (χ3n) is 1.79. The molecule has 0 aromatic carbocycles. The van der Waals surface area contributed by atoms with Gasteiger partial charge in [0.05, 0.1) is 0 Å². The highest BCUT2D eigenvalue weighted by Gasteiger charge is 1.97. The van der Waals surface area contributed by atoms with E-state index in [1.54, 1.807) is 0 Å². The average Bonchev–Trinajstić information content (AvgIpc) is 2.04. The topological polar surface area (TPSA) is 55.2 Å². The number of likely N-dealkylation sites (N-methyl/N-ethyl adjacent to an activating group) is 1. The molecule has 0 atom stereocenters. The summed E-state index contributed by atoms with van der Waals surface area (Å²) < 4.78 is 0. The Labute approximate surface area is 79.9 Å². The van der Waals surface area contributed by atoms with E-state index in [-0.39, 0.29) is 0 Å². The van der Waals surface area contributed by atoms with Gasteiger partial charge in [-0.25, -0.2) is 0 Å². The van der Waals surface area contributed by atoms with Crippen molar-refractivity contribution < 1.29 is 0 Å². The lowest BCUT2D eigenvalue weighted by Gasteiger charge is -2.16. The third kappa shape index (κ3) is 9.14. The molecule has 0 heterocycles. The molecule has 0 radical (unpaired) electrons. The van der Waals surface area contributed by atoms with Crippen LogP contribution < -0.4 is 0 Å². The molecule has 0 saturated carbocycles. The van der Waals surface area contributed by atoms with Gasteiger partial charge in [-0.1, -0.05) is 5.11 Å². The molecule has 0 saturated heterocycles. The molecule has 0 spiro atoms. The van der Waals surface area contributed by atoms with E-state index < -0.39 is 0 Å². The van der Waals surface area contributed by atoms with Crippen molar-refractivity contribution in [3.8, 4) is 0 Å². The first-order valence-electron chi connectivity index (χ1n) is 4.51. The second kappa shape index (κ2) is 7.86. The van der Waals surface area contributed by atoms with E-state index in [0.717, 1.165) is 26.1 Å². The average molecular weight is 185 g/mol. The summed E-state index contributed by atoms with van der Waals surface area (Å²) in [7, 11) is 6.18. The van der Waals surface area contributed by atoms with E-state index in [1.807, 2.05) is 7.05 Å². The van der Waals surface area contributed by atoms with Gasteiger partial charge in [0, 0.05) is 18.0 Å². The number of hydrogen-bond donors (Lipinski definition) is 0. The Morgan fingerprint density at radius 1 is 1.15 bits per heavy atom. The smallest absolute Gasteiger partial charge is 0.0385 e. The fourth-order valence-corrected chi connectivity index (χ4v) is 1.03. The first-order chi connectivity index (χ1) is 6.16. The zero-order valence-corrected chi connectivity index (χ0v) is 8.77. The Hall–Kier alpha value is -0.770. The Morgan fingerprint density at radius 3 is 2.38 bits per heavy atom. The standard InChI is InChI=1S/C8H19N5/c1-12(2)6-4-7-13(3)8-5-10-11-9/h4-8H2,1-3H3. The van der Waals surface area contributed by atoms with Crippen LogP contribution in [0.25, 0.3) is 10.4 Å². The van der Waals surface area contributed by atoms with Gasteiger partial charge in [0.15, 0.2) is 0 Å². The molecule has 0 unspecified atom stereocenters. The van der Waals surface area contributed by atoms with Gasteiger partial charge in [0.2, 0.25) is 0 Å². The van der Waals surface area contributed by atoms with Gasteiger partial charge in [-0.3, -0.25) is 0 Å². The Balaban J connectivity index is 3.29. The van der Waals surface area contributed by atoms with Crippen LogP contribution >= 0.6 is 0 Å². The lowest BCUT2D eigenvalue weighted by Crippen LogP contribution is -2.25. The van der Waals surface area contributed by atoms with Crippen LogP contribution in [0.1, 0.15) is 6.42 Å². The molecule has 0 N–H and O–H groups in total. The van der Waals surface area contributed by atoms with Crippen molar-refractivity contribution in [1.29, 1.82) is 0 Å². The summed E-state index contributed by atoms with van der Waals surface area (Å²) in [6.45, 7) is 3.57. The van der Waals surface area contributed by atoms with Crippen LogP contribution in [0.15, 0.2) is 5.11 Å². The van der Waals surface area contributed by atoms with Crippen LogP contribution in [0.2, 0.25) is 0 Å². The van der Waals surface area contributed by atoms with Crippen LogP contribution in [-0.2, 0) is 0 Å². The largest absolute Gasteiger partial charge is 0.309 e. The molecule has 5 heteroatoms. The predicted molar refractivity (Wildman–Crippen MR) is 54.7 cm³/mol. The molecule has 0 amide bonds. The SMILES string of the molecule is CN(C)CCCN(C)CCN=[N+]=[N-]. The molecule has 76 valence electrons. The second-order valence-electron chi connectivity index (χ2n) is 3.41. The lowest BCUT2D eigenvalue weighted by atomic mass is 10.4. The lowest BCUT2D eigenvalue weighted by molar-refractivity contribution is 0.306. The minimum atomic E-state index is 0.564. The van der Waals surface area contributed by atoms with E-state index in [0.29, 0.717) is 6.54 Å². The molecular weight excluding hydrogens is 166 g/mol. The first kappa shape index (κ1) is 12.2. The first-order valence-corrected chi connectivity index (χ1v) is 4.51. The van der Waals surface area contributed by atoms with Crippen molar-refractivity contribution in [2.24, 2.45) is 5.11 Å². The Bertz CT molecular complexity index is 162. The number of rotatable bonds is 7. The summed E-state index contributed by atoms with van der Waals surface area (Å²) in [4.78, 5) is 7.05. The van der Waals surface area contributed by atoms with Crippen LogP contribution in [0.4, 0.5) is 0 Å². The summed E-state index contributed by atoms with van der Waals surface area (Å²) in [5.74, 6) is 0. The molecule has 0 rings (SSSR count). The fraction of sp³-hybridized carbons (Fsp3) is 1.00. The maximum absolute atomic E-state index is 8.06. The van der Waals surface area contributed by atoms with Gasteiger partial charge in [0.1, 0.15) is 0 Å². The maximum atomic E-state index is 8.06. The van der Waals surface area contributed by atoms with Crippen molar-refractivity contribution in [2.45, 2.75) is 6.42 Å². The highest BCUT2D eigenvalue weighted by atomic mass is 15.2. The van der Waals surface area contributed by atoms with Crippen molar-refractivity contribution in [2.75, 3.05) is 47.3 Å². The molecule has 0 bridgehead atoms. The van der Waals surface area contributed by atoms with Crippen LogP contribution in [0.3, 0.4) is 0 Å². The summed E-state index contributed by atoms with van der Waals surface area (Å²) >= 11 is 0. The molecule has 0 aromatic rings. The molecule has 0 aliphatic heterocycles. The van der Waals surface area contributed by atoms with E-state index in [1.165, 1.54) is 0 Å². The van der Waals surface area contributed by atoms with Crippen molar-refractivity contribution >= 4 is 0 Å². The highest BCUT2D eigenvalue weighted by Crippen LogP contribution is 1.89. The van der Waals surface area contributed by atoms with Gasteiger partial charge in [-0.15, -0.1) is 0 Å². The van der Waals surface area contributed by atoms with Crippen LogP contribution in [0, 0.1) is 0 Å². The zero-order valence-electron chi connectivity index (χ0n) is 8.77. The van der Waals surface area contributed by atoms with Crippen LogP contribution in [-0.4, -0.2) is 57.1 Å². The normalized spacial score (nSPS) is 10.5. The van der Waals surface area contributed by atoms with Gasteiger partial charge in [-0.05, 0) is 46.2 Å². The van der Waals surface area contributed by atoms with Crippen LogP contribution in [0.5, 0.6) is 0 Å². The number of nitrogens with zero attached hydrogens (tertiary/aromatic N) is 5. The van der Waals surface area contributed by atoms with Crippen molar-refractivity contribution in [3.05, 3.63) is 10.4 Å². The Morgan fingerprint density at radius 2 is 1.85 bits per heavy atom. The maximum Gasteiger partial charge on any atom is 0.0385 e. The highest BCUT2D eigenvalue weighted by molar-refractivity contribution is 4.56. The van der Waals surface area contributed by atoms with E-state index in [2.05, 4.69) is 33.9 Å². The molecule has 0 aromatic heterocycles. The Kier molecular flexibility index (Phi) is 7.39. The summed E-state index contributed by atoms with van der Waals surface area (Å²) in [5, 5.41) is 3.48. The third-order valence-corrected chi connectivity index (χ3v) is 1.79. The molecular formula is C8H19N5. The molecule has 5 nitrogen and oxygen atoms in total. The van der Waals surface area contributed by atoms with E-state index in [9.17, 15) is 0 Å². The molecule has 13 heavy (non-hydrogen) atoms. The number of hydrogen-bond acceptors (Lipinski definition) is 3.